The van der Waals surface area contributed by atoms with Crippen molar-refractivity contribution in [2.45, 2.75) is 44.7 Å². The minimum absolute atomic E-state index is 0.151. The molecule has 4 rings (SSSR count). The zero-order valence-electron chi connectivity index (χ0n) is 23.0. The van der Waals surface area contributed by atoms with Crippen LogP contribution in [0.15, 0.2) is 60.7 Å². The Hall–Kier alpha value is -3.28. The third-order valence-corrected chi connectivity index (χ3v) is 8.91. The smallest absolute Gasteiger partial charge is 0.228 e. The molecule has 4 atom stereocenters. The number of hydrogen-bond donors (Lipinski definition) is 2. The molecule has 220 valence electrons. The highest BCUT2D eigenvalue weighted by Gasteiger charge is 2.34. The maximum Gasteiger partial charge on any atom is 0.228 e. The van der Waals surface area contributed by atoms with Gasteiger partial charge in [-0.05, 0) is 67.3 Å². The second-order valence-electron chi connectivity index (χ2n) is 10.6. The predicted molar refractivity (Wildman–Crippen MR) is 150 cm³/mol. The van der Waals surface area contributed by atoms with Gasteiger partial charge in [0, 0.05) is 54.3 Å². The molecule has 0 saturated carbocycles. The van der Waals surface area contributed by atoms with Gasteiger partial charge in [-0.2, -0.15) is 4.31 Å². The van der Waals surface area contributed by atoms with Crippen molar-refractivity contribution in [3.63, 3.8) is 0 Å². The van der Waals surface area contributed by atoms with Gasteiger partial charge in [0.05, 0.1) is 6.26 Å². The van der Waals surface area contributed by atoms with Gasteiger partial charge in [-0.3, -0.25) is 4.79 Å². The van der Waals surface area contributed by atoms with E-state index in [0.717, 1.165) is 24.5 Å². The largest absolute Gasteiger partial charge is 0.325 e. The standard InChI is InChI=1S/C30H33F4N3O3S/c1-18-16-35-17-25(37(18)41(3,39)40)11-12-26-27(34)5-4-6-28(26)36-30(38)19(2)29(20-7-9-22(31)10-8-20)21-13-23(32)15-24(33)14-21/h4-10,13-15,18-19,25,29,35H,11-12,16-17H2,1-3H3,(H,36,38)/t18-,19-,25-,29-/m0/s1. The van der Waals surface area contributed by atoms with Crippen LogP contribution in [0.3, 0.4) is 0 Å². The summed E-state index contributed by atoms with van der Waals surface area (Å²) in [6.07, 6.45) is 1.61. The predicted octanol–water partition coefficient (Wildman–Crippen LogP) is 5.20. The highest BCUT2D eigenvalue weighted by molar-refractivity contribution is 7.88. The van der Waals surface area contributed by atoms with Gasteiger partial charge in [-0.1, -0.05) is 25.1 Å². The third-order valence-electron chi connectivity index (χ3n) is 7.49. The van der Waals surface area contributed by atoms with Crippen molar-refractivity contribution in [2.75, 3.05) is 24.7 Å². The topological polar surface area (TPSA) is 78.5 Å². The number of halogens is 4. The zero-order chi connectivity index (χ0) is 29.9. The van der Waals surface area contributed by atoms with Crippen LogP contribution in [0.25, 0.3) is 0 Å². The summed E-state index contributed by atoms with van der Waals surface area (Å²) >= 11 is 0. The second-order valence-corrected chi connectivity index (χ2v) is 12.5. The average molecular weight is 592 g/mol. The first kappa shape index (κ1) is 30.7. The number of amides is 1. The van der Waals surface area contributed by atoms with Crippen molar-refractivity contribution in [1.29, 1.82) is 0 Å². The van der Waals surface area contributed by atoms with E-state index in [4.69, 9.17) is 0 Å². The van der Waals surface area contributed by atoms with Crippen LogP contribution in [0.1, 0.15) is 42.9 Å². The van der Waals surface area contributed by atoms with E-state index in [1.165, 1.54) is 40.7 Å². The Morgan fingerprint density at radius 3 is 2.27 bits per heavy atom. The quantitative estimate of drug-likeness (QED) is 0.335. The SMILES string of the molecule is C[C@H](C(=O)Nc1cccc(F)c1CC[C@H]1CNC[C@H](C)N1S(C)(=O)=O)[C@@H](c1ccc(F)cc1)c1cc(F)cc(F)c1. The van der Waals surface area contributed by atoms with Crippen molar-refractivity contribution in [1.82, 2.24) is 9.62 Å². The first-order valence-corrected chi connectivity index (χ1v) is 15.2. The van der Waals surface area contributed by atoms with Crippen molar-refractivity contribution >= 4 is 21.6 Å². The van der Waals surface area contributed by atoms with E-state index < -0.39 is 57.1 Å². The minimum atomic E-state index is -3.50. The molecule has 41 heavy (non-hydrogen) atoms. The summed E-state index contributed by atoms with van der Waals surface area (Å²) in [6.45, 7) is 4.30. The molecule has 11 heteroatoms. The summed E-state index contributed by atoms with van der Waals surface area (Å²) in [5.41, 5.74) is 1.09. The highest BCUT2D eigenvalue weighted by Crippen LogP contribution is 2.35. The molecule has 0 aromatic heterocycles. The molecule has 6 nitrogen and oxygen atoms in total. The lowest BCUT2D eigenvalue weighted by molar-refractivity contribution is -0.119. The molecular formula is C30H33F4N3O3S. The number of carbonyl (C=O) groups excluding carboxylic acids is 1. The maximum absolute atomic E-state index is 15.1. The van der Waals surface area contributed by atoms with Crippen LogP contribution in [0.2, 0.25) is 0 Å². The van der Waals surface area contributed by atoms with Crippen molar-refractivity contribution < 1.29 is 30.8 Å². The van der Waals surface area contributed by atoms with Crippen LogP contribution >= 0.6 is 0 Å². The van der Waals surface area contributed by atoms with Crippen molar-refractivity contribution in [2.24, 2.45) is 5.92 Å². The van der Waals surface area contributed by atoms with E-state index in [0.29, 0.717) is 25.1 Å². The van der Waals surface area contributed by atoms with Crippen molar-refractivity contribution in [3.8, 4) is 0 Å². The molecule has 1 aliphatic rings. The van der Waals surface area contributed by atoms with Gasteiger partial charge in [-0.15, -0.1) is 0 Å². The lowest BCUT2D eigenvalue weighted by Crippen LogP contribution is -2.58. The number of nitrogens with one attached hydrogen (secondary N) is 2. The summed E-state index contributed by atoms with van der Waals surface area (Å²) < 4.78 is 83.3. The monoisotopic (exact) mass is 591 g/mol. The van der Waals surface area contributed by atoms with Gasteiger partial charge >= 0.3 is 0 Å². The molecule has 0 aliphatic carbocycles. The highest BCUT2D eigenvalue weighted by atomic mass is 32.2. The fraction of sp³-hybridized carbons (Fsp3) is 0.367. The van der Waals surface area contributed by atoms with Crippen LogP contribution in [-0.2, 0) is 21.2 Å². The minimum Gasteiger partial charge on any atom is -0.325 e. The van der Waals surface area contributed by atoms with Gasteiger partial charge < -0.3 is 10.6 Å². The lowest BCUT2D eigenvalue weighted by atomic mass is 9.81. The Labute approximate surface area is 237 Å². The molecular weight excluding hydrogens is 558 g/mol. The molecule has 2 N–H and O–H groups in total. The van der Waals surface area contributed by atoms with Gasteiger partial charge in [0.25, 0.3) is 0 Å². The molecule has 0 spiro atoms. The molecule has 3 aromatic carbocycles. The second kappa shape index (κ2) is 12.7. The summed E-state index contributed by atoms with van der Waals surface area (Å²) in [4.78, 5) is 13.5. The van der Waals surface area contributed by atoms with Gasteiger partial charge in [0.1, 0.15) is 23.3 Å². The molecule has 1 fully saturated rings. The van der Waals surface area contributed by atoms with Gasteiger partial charge in [-0.25, -0.2) is 26.0 Å². The molecule has 1 saturated heterocycles. The first-order chi connectivity index (χ1) is 19.3. The number of hydrogen-bond acceptors (Lipinski definition) is 4. The molecule has 3 aromatic rings. The van der Waals surface area contributed by atoms with E-state index in [-0.39, 0.29) is 29.3 Å². The van der Waals surface area contributed by atoms with Crippen LogP contribution in [-0.4, -0.2) is 50.1 Å². The van der Waals surface area contributed by atoms with Gasteiger partial charge in [0.2, 0.25) is 15.9 Å². The molecule has 1 heterocycles. The van der Waals surface area contributed by atoms with Crippen LogP contribution in [0.5, 0.6) is 0 Å². The first-order valence-electron chi connectivity index (χ1n) is 13.3. The van der Waals surface area contributed by atoms with Crippen LogP contribution < -0.4 is 10.6 Å². The number of carbonyl (C=O) groups is 1. The Morgan fingerprint density at radius 2 is 1.63 bits per heavy atom. The number of rotatable bonds is 9. The fourth-order valence-electron chi connectivity index (χ4n) is 5.66. The van der Waals surface area contributed by atoms with E-state index in [1.54, 1.807) is 19.9 Å². The molecule has 0 unspecified atom stereocenters. The third kappa shape index (κ3) is 7.33. The Balaban J connectivity index is 1.60. The van der Waals surface area contributed by atoms with Gasteiger partial charge in [0.15, 0.2) is 0 Å². The molecule has 1 amide bonds. The Bertz CT molecular complexity index is 1480. The van der Waals surface area contributed by atoms with Crippen molar-refractivity contribution in [3.05, 3.63) is 101 Å². The normalized spacial score (nSPS) is 19.5. The van der Waals surface area contributed by atoms with E-state index in [1.807, 2.05) is 0 Å². The van der Waals surface area contributed by atoms with Crippen LogP contribution in [0.4, 0.5) is 23.2 Å². The Kier molecular flexibility index (Phi) is 9.51. The van der Waals surface area contributed by atoms with Crippen LogP contribution in [0, 0.1) is 29.2 Å². The van der Waals surface area contributed by atoms with E-state index >= 15 is 4.39 Å². The molecule has 0 radical (unpaired) electrons. The zero-order valence-corrected chi connectivity index (χ0v) is 23.8. The molecule has 1 aliphatic heterocycles. The summed E-state index contributed by atoms with van der Waals surface area (Å²) in [5.74, 6) is -4.97. The summed E-state index contributed by atoms with van der Waals surface area (Å²) in [5, 5.41) is 5.97. The average Bonchev–Trinajstić information content (AvgIpc) is 2.88. The number of piperazine rings is 1. The van der Waals surface area contributed by atoms with E-state index in [2.05, 4.69) is 10.6 Å². The number of nitrogens with zero attached hydrogens (tertiary/aromatic N) is 1. The molecule has 0 bridgehead atoms. The Morgan fingerprint density at radius 1 is 0.976 bits per heavy atom. The lowest BCUT2D eigenvalue weighted by Gasteiger charge is -2.39. The summed E-state index contributed by atoms with van der Waals surface area (Å²) in [7, 11) is -3.50. The number of anilines is 1. The number of benzene rings is 3. The van der Waals surface area contributed by atoms with E-state index in [9.17, 15) is 26.4 Å². The number of sulfonamides is 1. The fourth-order valence-corrected chi connectivity index (χ4v) is 7.11. The summed E-state index contributed by atoms with van der Waals surface area (Å²) in [6, 6.07) is 11.9. The maximum atomic E-state index is 15.1.